The zero-order chi connectivity index (χ0) is 15.5. The Bertz CT molecular complexity index is 900. The van der Waals surface area contributed by atoms with E-state index in [1.54, 1.807) is 12.1 Å². The normalized spacial score (nSPS) is 11.2. The lowest BCUT2D eigenvalue weighted by atomic mass is 10.2. The van der Waals surface area contributed by atoms with Gasteiger partial charge in [-0.25, -0.2) is 9.49 Å². The van der Waals surface area contributed by atoms with Crippen LogP contribution in [0.5, 0.6) is 0 Å². The molecule has 1 heterocycles. The molecule has 0 saturated carbocycles. The SMILES string of the molecule is Fc1cccc(C=Nn2c(-c3ccccc3Br)n[nH]c2=S)c1. The van der Waals surface area contributed by atoms with Crippen LogP contribution >= 0.6 is 28.1 Å². The largest absolute Gasteiger partial charge is 0.250 e. The Labute approximate surface area is 139 Å². The standard InChI is InChI=1S/C15H10BrFN4S/c16-13-7-2-1-6-12(13)14-19-20-15(22)21(14)18-9-10-4-3-5-11(17)8-10/h1-9H,(H,20,22). The average molecular weight is 377 g/mol. The van der Waals surface area contributed by atoms with Gasteiger partial charge < -0.3 is 0 Å². The first-order valence-corrected chi connectivity index (χ1v) is 7.57. The van der Waals surface area contributed by atoms with Crippen LogP contribution in [0.4, 0.5) is 4.39 Å². The Balaban J connectivity index is 2.04. The maximum absolute atomic E-state index is 13.2. The number of rotatable bonds is 3. The number of H-pyrrole nitrogens is 1. The molecule has 1 aromatic heterocycles. The second-order valence-electron chi connectivity index (χ2n) is 4.44. The molecule has 7 heteroatoms. The third-order valence-electron chi connectivity index (χ3n) is 2.94. The highest BCUT2D eigenvalue weighted by atomic mass is 79.9. The lowest BCUT2D eigenvalue weighted by Crippen LogP contribution is -1.95. The van der Waals surface area contributed by atoms with Crippen LogP contribution in [0.1, 0.15) is 5.56 Å². The number of halogens is 2. The zero-order valence-corrected chi connectivity index (χ0v) is 13.6. The summed E-state index contributed by atoms with van der Waals surface area (Å²) in [6, 6.07) is 13.8. The second-order valence-corrected chi connectivity index (χ2v) is 5.68. The fourth-order valence-corrected chi connectivity index (χ4v) is 2.57. The Kier molecular flexibility index (Phi) is 4.26. The van der Waals surface area contributed by atoms with Crippen molar-refractivity contribution in [2.75, 3.05) is 0 Å². The number of hydrogen-bond donors (Lipinski definition) is 1. The van der Waals surface area contributed by atoms with E-state index in [0.29, 0.717) is 16.2 Å². The molecular weight excluding hydrogens is 367 g/mol. The minimum Gasteiger partial charge on any atom is -0.250 e. The third-order valence-corrected chi connectivity index (χ3v) is 3.89. The molecule has 4 nitrogen and oxygen atoms in total. The monoisotopic (exact) mass is 376 g/mol. The first-order chi connectivity index (χ1) is 10.6. The van der Waals surface area contributed by atoms with Crippen LogP contribution in [-0.2, 0) is 0 Å². The molecule has 0 radical (unpaired) electrons. The molecule has 3 aromatic rings. The van der Waals surface area contributed by atoms with E-state index in [4.69, 9.17) is 12.2 Å². The van der Waals surface area contributed by atoms with Crippen molar-refractivity contribution in [3.05, 3.63) is 69.2 Å². The van der Waals surface area contributed by atoms with Gasteiger partial charge in [0.05, 0.1) is 6.21 Å². The summed E-state index contributed by atoms with van der Waals surface area (Å²) in [5, 5.41) is 11.2. The van der Waals surface area contributed by atoms with Gasteiger partial charge in [-0.05, 0) is 42.0 Å². The van der Waals surface area contributed by atoms with E-state index < -0.39 is 0 Å². The molecule has 0 aliphatic heterocycles. The van der Waals surface area contributed by atoms with Gasteiger partial charge in [0.2, 0.25) is 4.77 Å². The highest BCUT2D eigenvalue weighted by Gasteiger charge is 2.10. The molecule has 0 spiro atoms. The molecular formula is C15H10BrFN4S. The van der Waals surface area contributed by atoms with Crippen LogP contribution in [0.25, 0.3) is 11.4 Å². The van der Waals surface area contributed by atoms with E-state index >= 15 is 0 Å². The molecule has 0 atom stereocenters. The number of nitrogens with zero attached hydrogens (tertiary/aromatic N) is 3. The Morgan fingerprint density at radius 3 is 2.82 bits per heavy atom. The number of benzene rings is 2. The van der Waals surface area contributed by atoms with E-state index in [0.717, 1.165) is 10.0 Å². The molecule has 1 N–H and O–H groups in total. The molecule has 0 saturated heterocycles. The summed E-state index contributed by atoms with van der Waals surface area (Å²) < 4.78 is 15.9. The Hall–Kier alpha value is -2.12. The summed E-state index contributed by atoms with van der Waals surface area (Å²) in [7, 11) is 0. The van der Waals surface area contributed by atoms with Gasteiger partial charge in [0.25, 0.3) is 0 Å². The van der Waals surface area contributed by atoms with Crippen molar-refractivity contribution in [3.8, 4) is 11.4 Å². The molecule has 3 rings (SSSR count). The van der Waals surface area contributed by atoms with E-state index in [9.17, 15) is 4.39 Å². The number of aromatic nitrogens is 3. The van der Waals surface area contributed by atoms with E-state index in [1.165, 1.54) is 23.0 Å². The molecule has 0 fully saturated rings. The summed E-state index contributed by atoms with van der Waals surface area (Å²) in [4.78, 5) is 0. The van der Waals surface area contributed by atoms with E-state index in [1.807, 2.05) is 24.3 Å². The van der Waals surface area contributed by atoms with Crippen molar-refractivity contribution in [2.24, 2.45) is 5.10 Å². The average Bonchev–Trinajstić information content (AvgIpc) is 2.87. The summed E-state index contributed by atoms with van der Waals surface area (Å²) >= 11 is 8.68. The van der Waals surface area contributed by atoms with Crippen LogP contribution in [0.3, 0.4) is 0 Å². The molecule has 0 aliphatic carbocycles. The van der Waals surface area contributed by atoms with Crippen molar-refractivity contribution in [2.45, 2.75) is 0 Å². The molecule has 0 amide bonds. The smallest absolute Gasteiger partial charge is 0.216 e. The van der Waals surface area contributed by atoms with Gasteiger partial charge in [-0.1, -0.05) is 40.2 Å². The summed E-state index contributed by atoms with van der Waals surface area (Å²) in [5.74, 6) is 0.260. The van der Waals surface area contributed by atoms with Crippen molar-refractivity contribution in [3.63, 3.8) is 0 Å². The Morgan fingerprint density at radius 1 is 1.23 bits per heavy atom. The van der Waals surface area contributed by atoms with Gasteiger partial charge in [-0.15, -0.1) is 0 Å². The van der Waals surface area contributed by atoms with Crippen LogP contribution in [0.15, 0.2) is 58.1 Å². The minimum absolute atomic E-state index is 0.314. The number of aromatic amines is 1. The van der Waals surface area contributed by atoms with Gasteiger partial charge in [0, 0.05) is 10.0 Å². The van der Waals surface area contributed by atoms with E-state index in [2.05, 4.69) is 31.2 Å². The summed E-state index contributed by atoms with van der Waals surface area (Å²) in [6.07, 6.45) is 1.54. The first-order valence-electron chi connectivity index (χ1n) is 6.37. The highest BCUT2D eigenvalue weighted by molar-refractivity contribution is 9.10. The fraction of sp³-hybridized carbons (Fsp3) is 0. The lowest BCUT2D eigenvalue weighted by Gasteiger charge is -2.03. The molecule has 22 heavy (non-hydrogen) atoms. The molecule has 0 bridgehead atoms. The maximum atomic E-state index is 13.2. The highest BCUT2D eigenvalue weighted by Crippen LogP contribution is 2.26. The van der Waals surface area contributed by atoms with Gasteiger partial charge in [-0.2, -0.15) is 14.9 Å². The van der Waals surface area contributed by atoms with Gasteiger partial charge in [0.1, 0.15) is 5.82 Å². The van der Waals surface area contributed by atoms with Crippen molar-refractivity contribution < 1.29 is 4.39 Å². The lowest BCUT2D eigenvalue weighted by molar-refractivity contribution is 0.627. The molecule has 0 aliphatic rings. The third kappa shape index (κ3) is 3.05. The molecule has 0 unspecified atom stereocenters. The number of hydrogen-bond acceptors (Lipinski definition) is 3. The zero-order valence-electron chi connectivity index (χ0n) is 11.2. The van der Waals surface area contributed by atoms with Crippen molar-refractivity contribution >= 4 is 34.4 Å². The van der Waals surface area contributed by atoms with Gasteiger partial charge in [0.15, 0.2) is 5.82 Å². The van der Waals surface area contributed by atoms with Gasteiger partial charge >= 0.3 is 0 Å². The predicted octanol–water partition coefficient (Wildman–Crippen LogP) is 4.39. The first kappa shape index (κ1) is 14.8. The number of nitrogens with one attached hydrogen (secondary N) is 1. The molecule has 110 valence electrons. The predicted molar refractivity (Wildman–Crippen MR) is 89.9 cm³/mol. The van der Waals surface area contributed by atoms with E-state index in [-0.39, 0.29) is 5.82 Å². The van der Waals surface area contributed by atoms with Crippen LogP contribution in [0, 0.1) is 10.6 Å². The van der Waals surface area contributed by atoms with Crippen LogP contribution < -0.4 is 0 Å². The second kappa shape index (κ2) is 6.33. The maximum Gasteiger partial charge on any atom is 0.216 e. The molecule has 2 aromatic carbocycles. The van der Waals surface area contributed by atoms with Gasteiger partial charge in [-0.3, -0.25) is 0 Å². The topological polar surface area (TPSA) is 46.0 Å². The Morgan fingerprint density at radius 2 is 2.05 bits per heavy atom. The summed E-state index contributed by atoms with van der Waals surface area (Å²) in [5.41, 5.74) is 1.49. The van der Waals surface area contributed by atoms with Crippen molar-refractivity contribution in [1.29, 1.82) is 0 Å². The van der Waals surface area contributed by atoms with Crippen LogP contribution in [-0.4, -0.2) is 21.1 Å². The van der Waals surface area contributed by atoms with Crippen molar-refractivity contribution in [1.82, 2.24) is 14.9 Å². The van der Waals surface area contributed by atoms with Crippen LogP contribution in [0.2, 0.25) is 0 Å². The fourth-order valence-electron chi connectivity index (χ4n) is 1.93. The quantitative estimate of drug-likeness (QED) is 0.544. The summed E-state index contributed by atoms with van der Waals surface area (Å²) in [6.45, 7) is 0. The minimum atomic E-state index is -0.314.